The van der Waals surface area contributed by atoms with E-state index < -0.39 is 29.6 Å². The minimum atomic E-state index is -1.21. The fourth-order valence-corrected chi connectivity index (χ4v) is 2.10. The maximum absolute atomic E-state index is 12.1. The summed E-state index contributed by atoms with van der Waals surface area (Å²) >= 11 is 0. The molecule has 1 aliphatic rings. The van der Waals surface area contributed by atoms with E-state index >= 15 is 0 Å². The van der Waals surface area contributed by atoms with Gasteiger partial charge in [-0.3, -0.25) is 9.59 Å². The van der Waals surface area contributed by atoms with Crippen molar-refractivity contribution < 1.29 is 19.5 Å². The molecule has 3 N–H and O–H groups in total. The molecule has 0 saturated carbocycles. The number of nitrogens with two attached hydrogens (primary N) is 1. The molecule has 6 nitrogen and oxygen atoms in total. The number of nitrogens with zero attached hydrogens (tertiary/aromatic N) is 1. The predicted molar refractivity (Wildman–Crippen MR) is 68.6 cm³/mol. The Morgan fingerprint density at radius 2 is 1.74 bits per heavy atom. The molecule has 2 atom stereocenters. The van der Waals surface area contributed by atoms with Crippen LogP contribution in [0.2, 0.25) is 0 Å². The Labute approximate surface area is 109 Å². The zero-order chi connectivity index (χ0) is 14.3. The van der Waals surface area contributed by atoms with Crippen LogP contribution in [-0.4, -0.2) is 22.9 Å². The Morgan fingerprint density at radius 3 is 2.21 bits per heavy atom. The van der Waals surface area contributed by atoms with E-state index in [0.717, 1.165) is 4.90 Å². The Balaban J connectivity index is 2.59. The van der Waals surface area contributed by atoms with Crippen LogP contribution in [0.4, 0.5) is 11.4 Å². The summed E-state index contributed by atoms with van der Waals surface area (Å²) in [5.41, 5.74) is 5.84. The molecule has 2 unspecified atom stereocenters. The third-order valence-corrected chi connectivity index (χ3v) is 3.46. The van der Waals surface area contributed by atoms with E-state index in [1.54, 1.807) is 13.8 Å². The van der Waals surface area contributed by atoms with E-state index in [9.17, 15) is 14.4 Å². The summed E-state index contributed by atoms with van der Waals surface area (Å²) < 4.78 is 0. The highest BCUT2D eigenvalue weighted by Crippen LogP contribution is 2.33. The normalized spacial score (nSPS) is 22.9. The molecule has 2 amide bonds. The van der Waals surface area contributed by atoms with Crippen LogP contribution in [0.3, 0.4) is 0 Å². The average molecular weight is 262 g/mol. The molecule has 100 valence electrons. The van der Waals surface area contributed by atoms with Gasteiger partial charge in [0.05, 0.1) is 11.3 Å². The van der Waals surface area contributed by atoms with Crippen LogP contribution in [0.25, 0.3) is 0 Å². The first kappa shape index (κ1) is 13.1. The second kappa shape index (κ2) is 4.38. The van der Waals surface area contributed by atoms with Gasteiger partial charge in [0, 0.05) is 17.5 Å². The third-order valence-electron chi connectivity index (χ3n) is 3.46. The zero-order valence-corrected chi connectivity index (χ0v) is 10.6. The van der Waals surface area contributed by atoms with Gasteiger partial charge in [-0.15, -0.1) is 0 Å². The summed E-state index contributed by atoms with van der Waals surface area (Å²) in [7, 11) is 0. The van der Waals surface area contributed by atoms with Gasteiger partial charge >= 0.3 is 5.97 Å². The second-order valence-electron chi connectivity index (χ2n) is 4.67. The van der Waals surface area contributed by atoms with Crippen molar-refractivity contribution in [2.45, 2.75) is 13.8 Å². The van der Waals surface area contributed by atoms with Crippen molar-refractivity contribution in [3.8, 4) is 0 Å². The van der Waals surface area contributed by atoms with E-state index in [2.05, 4.69) is 0 Å². The van der Waals surface area contributed by atoms with Gasteiger partial charge in [-0.25, -0.2) is 9.69 Å². The molecular formula is C13H14N2O4. The third kappa shape index (κ3) is 1.95. The first-order chi connectivity index (χ1) is 8.84. The van der Waals surface area contributed by atoms with Gasteiger partial charge < -0.3 is 10.8 Å². The summed E-state index contributed by atoms with van der Waals surface area (Å²) in [6, 6.07) is 4.05. The highest BCUT2D eigenvalue weighted by atomic mass is 16.4. The van der Waals surface area contributed by atoms with E-state index in [0.29, 0.717) is 5.69 Å². The predicted octanol–water partition coefficient (Wildman–Crippen LogP) is 1.11. The number of imide groups is 1. The Hall–Kier alpha value is -2.37. The highest BCUT2D eigenvalue weighted by Gasteiger charge is 2.44. The van der Waals surface area contributed by atoms with Crippen LogP contribution >= 0.6 is 0 Å². The molecule has 1 saturated heterocycles. The molecule has 1 aromatic carbocycles. The first-order valence-electron chi connectivity index (χ1n) is 5.85. The fraction of sp³-hybridized carbons (Fsp3) is 0.308. The molecule has 1 aliphatic heterocycles. The maximum atomic E-state index is 12.1. The molecule has 0 bridgehead atoms. The summed E-state index contributed by atoms with van der Waals surface area (Å²) in [5, 5.41) is 9.13. The van der Waals surface area contributed by atoms with Crippen LogP contribution in [0.15, 0.2) is 18.2 Å². The number of aromatic carboxylic acids is 1. The largest absolute Gasteiger partial charge is 0.478 e. The van der Waals surface area contributed by atoms with Gasteiger partial charge in [0.25, 0.3) is 0 Å². The van der Waals surface area contributed by atoms with Crippen molar-refractivity contribution in [2.24, 2.45) is 11.8 Å². The average Bonchev–Trinajstić information content (AvgIpc) is 2.53. The van der Waals surface area contributed by atoms with Crippen molar-refractivity contribution in [3.63, 3.8) is 0 Å². The van der Waals surface area contributed by atoms with Crippen LogP contribution in [0, 0.1) is 11.8 Å². The number of nitrogen functional groups attached to an aromatic ring is 1. The zero-order valence-electron chi connectivity index (χ0n) is 10.6. The summed E-state index contributed by atoms with van der Waals surface area (Å²) in [6.45, 7) is 3.30. The number of rotatable bonds is 2. The molecular weight excluding hydrogens is 248 g/mol. The van der Waals surface area contributed by atoms with Gasteiger partial charge in [-0.1, -0.05) is 13.8 Å². The van der Waals surface area contributed by atoms with Gasteiger partial charge in [-0.2, -0.15) is 0 Å². The Morgan fingerprint density at radius 1 is 1.21 bits per heavy atom. The van der Waals surface area contributed by atoms with Crippen LogP contribution < -0.4 is 10.6 Å². The van der Waals surface area contributed by atoms with Gasteiger partial charge in [0.2, 0.25) is 11.8 Å². The molecule has 0 spiro atoms. The second-order valence-corrected chi connectivity index (χ2v) is 4.67. The van der Waals surface area contributed by atoms with Crippen LogP contribution in [0.5, 0.6) is 0 Å². The van der Waals surface area contributed by atoms with Crippen LogP contribution in [-0.2, 0) is 9.59 Å². The van der Waals surface area contributed by atoms with Gasteiger partial charge in [-0.05, 0) is 18.2 Å². The lowest BCUT2D eigenvalue weighted by molar-refractivity contribution is -0.122. The number of carbonyl (C=O) groups excluding carboxylic acids is 2. The number of carboxylic acid groups (broad SMARTS) is 1. The summed E-state index contributed by atoms with van der Waals surface area (Å²) in [6.07, 6.45) is 0. The van der Waals surface area contributed by atoms with E-state index in [-0.39, 0.29) is 11.3 Å². The summed E-state index contributed by atoms with van der Waals surface area (Å²) in [4.78, 5) is 36.3. The lowest BCUT2D eigenvalue weighted by Crippen LogP contribution is -2.32. The first-order valence-corrected chi connectivity index (χ1v) is 5.85. The molecule has 2 rings (SSSR count). The number of anilines is 2. The quantitative estimate of drug-likeness (QED) is 0.614. The van der Waals surface area contributed by atoms with Crippen LogP contribution in [0.1, 0.15) is 24.2 Å². The highest BCUT2D eigenvalue weighted by molar-refractivity contribution is 6.23. The molecule has 0 aliphatic carbocycles. The van der Waals surface area contributed by atoms with Crippen molar-refractivity contribution in [2.75, 3.05) is 10.6 Å². The molecule has 0 radical (unpaired) electrons. The minimum absolute atomic E-state index is 0.0405. The molecule has 6 heteroatoms. The lowest BCUT2D eigenvalue weighted by Gasteiger charge is -2.17. The van der Waals surface area contributed by atoms with E-state index in [1.165, 1.54) is 18.2 Å². The Kier molecular flexibility index (Phi) is 3.01. The SMILES string of the molecule is CC1C(=O)N(c2cc(N)ccc2C(=O)O)C(=O)C1C. The smallest absolute Gasteiger partial charge is 0.337 e. The molecule has 1 heterocycles. The monoisotopic (exact) mass is 262 g/mol. The number of carbonyl (C=O) groups is 3. The number of benzene rings is 1. The number of amides is 2. The minimum Gasteiger partial charge on any atom is -0.478 e. The topological polar surface area (TPSA) is 101 Å². The number of carboxylic acids is 1. The van der Waals surface area contributed by atoms with Gasteiger partial charge in [0.1, 0.15) is 0 Å². The van der Waals surface area contributed by atoms with Gasteiger partial charge in [0.15, 0.2) is 0 Å². The lowest BCUT2D eigenvalue weighted by atomic mass is 10.00. The van der Waals surface area contributed by atoms with E-state index in [1.807, 2.05) is 0 Å². The maximum Gasteiger partial charge on any atom is 0.337 e. The number of hydrogen-bond donors (Lipinski definition) is 2. The van der Waals surface area contributed by atoms with Crippen molar-refractivity contribution in [1.82, 2.24) is 0 Å². The standard InChI is InChI=1S/C13H14N2O4/c1-6-7(2)12(17)15(11(6)16)10-5-8(14)3-4-9(10)13(18)19/h3-7H,14H2,1-2H3,(H,18,19). The van der Waals surface area contributed by atoms with Crippen molar-refractivity contribution >= 4 is 29.2 Å². The molecule has 1 aromatic rings. The molecule has 0 aromatic heterocycles. The fourth-order valence-electron chi connectivity index (χ4n) is 2.10. The number of hydrogen-bond acceptors (Lipinski definition) is 4. The molecule has 1 fully saturated rings. The van der Waals surface area contributed by atoms with E-state index in [4.69, 9.17) is 10.8 Å². The Bertz CT molecular complexity index is 562. The van der Waals surface area contributed by atoms with Crippen molar-refractivity contribution in [3.05, 3.63) is 23.8 Å². The molecule has 19 heavy (non-hydrogen) atoms. The summed E-state index contributed by atoms with van der Waals surface area (Å²) in [5.74, 6) is -2.93. The van der Waals surface area contributed by atoms with Crippen molar-refractivity contribution in [1.29, 1.82) is 0 Å².